The number of aromatic nitrogens is 3. The summed E-state index contributed by atoms with van der Waals surface area (Å²) in [6.07, 6.45) is 0. The summed E-state index contributed by atoms with van der Waals surface area (Å²) in [5, 5.41) is 7.99. The SMILES string of the molecule is CC(C)(C)n1c(-c2ccc(Cl)cc2)nnc1S(=O)(=O)Cl. The molecule has 2 aromatic rings. The molecule has 0 spiro atoms. The summed E-state index contributed by atoms with van der Waals surface area (Å²) in [7, 11) is 1.45. The van der Waals surface area contributed by atoms with E-state index in [-0.39, 0.29) is 5.16 Å². The molecule has 0 atom stereocenters. The molecule has 0 aliphatic rings. The fourth-order valence-corrected chi connectivity index (χ4v) is 2.96. The van der Waals surface area contributed by atoms with Crippen LogP contribution in [0.5, 0.6) is 0 Å². The molecule has 0 fully saturated rings. The minimum Gasteiger partial charge on any atom is -0.291 e. The van der Waals surface area contributed by atoms with Crippen LogP contribution in [-0.2, 0) is 14.6 Å². The molecular formula is C12H13Cl2N3O2S. The molecule has 0 N–H and O–H groups in total. The van der Waals surface area contributed by atoms with Crippen LogP contribution in [-0.4, -0.2) is 23.2 Å². The van der Waals surface area contributed by atoms with Crippen LogP contribution < -0.4 is 0 Å². The molecule has 1 aromatic heterocycles. The molecule has 0 saturated carbocycles. The first-order valence-corrected chi connectivity index (χ1v) is 8.46. The summed E-state index contributed by atoms with van der Waals surface area (Å²) < 4.78 is 24.7. The molecule has 20 heavy (non-hydrogen) atoms. The van der Waals surface area contributed by atoms with Gasteiger partial charge in [-0.2, -0.15) is 0 Å². The molecule has 0 aliphatic heterocycles. The Morgan fingerprint density at radius 3 is 2.10 bits per heavy atom. The maximum Gasteiger partial charge on any atom is 0.296 e. The first-order chi connectivity index (χ1) is 9.10. The van der Waals surface area contributed by atoms with Gasteiger partial charge in [-0.05, 0) is 45.0 Å². The van der Waals surface area contributed by atoms with E-state index in [1.165, 1.54) is 4.57 Å². The number of benzene rings is 1. The molecule has 0 aliphatic carbocycles. The van der Waals surface area contributed by atoms with E-state index < -0.39 is 14.6 Å². The van der Waals surface area contributed by atoms with E-state index in [2.05, 4.69) is 10.2 Å². The normalized spacial score (nSPS) is 12.7. The van der Waals surface area contributed by atoms with Crippen LogP contribution in [0.25, 0.3) is 11.4 Å². The van der Waals surface area contributed by atoms with Crippen molar-refractivity contribution in [3.05, 3.63) is 29.3 Å². The van der Waals surface area contributed by atoms with E-state index in [0.29, 0.717) is 16.4 Å². The minimum absolute atomic E-state index is 0.267. The Labute approximate surface area is 127 Å². The highest BCUT2D eigenvalue weighted by atomic mass is 35.7. The first kappa shape index (κ1) is 15.3. The summed E-state index contributed by atoms with van der Waals surface area (Å²) in [6.45, 7) is 5.55. The topological polar surface area (TPSA) is 64.8 Å². The molecule has 0 bridgehead atoms. The zero-order valence-corrected chi connectivity index (χ0v) is 13.5. The van der Waals surface area contributed by atoms with Crippen molar-refractivity contribution in [1.29, 1.82) is 0 Å². The van der Waals surface area contributed by atoms with Crippen molar-refractivity contribution in [3.63, 3.8) is 0 Å². The predicted molar refractivity (Wildman–Crippen MR) is 78.5 cm³/mol. The largest absolute Gasteiger partial charge is 0.296 e. The van der Waals surface area contributed by atoms with E-state index in [9.17, 15) is 8.42 Å². The Morgan fingerprint density at radius 2 is 1.65 bits per heavy atom. The van der Waals surface area contributed by atoms with Gasteiger partial charge in [0.1, 0.15) is 0 Å². The van der Waals surface area contributed by atoms with E-state index in [4.69, 9.17) is 22.3 Å². The summed E-state index contributed by atoms with van der Waals surface area (Å²) in [4.78, 5) is 0. The average Bonchev–Trinajstić information content (AvgIpc) is 2.73. The molecule has 2 rings (SSSR count). The highest BCUT2D eigenvalue weighted by Gasteiger charge is 2.30. The molecule has 1 heterocycles. The van der Waals surface area contributed by atoms with E-state index in [0.717, 1.165) is 0 Å². The molecule has 0 radical (unpaired) electrons. The fraction of sp³-hybridized carbons (Fsp3) is 0.333. The maximum absolute atomic E-state index is 11.6. The van der Waals surface area contributed by atoms with Gasteiger partial charge in [0.15, 0.2) is 5.82 Å². The number of hydrogen-bond donors (Lipinski definition) is 0. The molecular weight excluding hydrogens is 321 g/mol. The Morgan fingerprint density at radius 1 is 1.10 bits per heavy atom. The third-order valence-electron chi connectivity index (χ3n) is 2.62. The third kappa shape index (κ3) is 2.97. The summed E-state index contributed by atoms with van der Waals surface area (Å²) in [5.41, 5.74) is 0.166. The van der Waals surface area contributed by atoms with Crippen molar-refractivity contribution < 1.29 is 8.42 Å². The Hall–Kier alpha value is -1.11. The van der Waals surface area contributed by atoms with Crippen LogP contribution in [0.3, 0.4) is 0 Å². The van der Waals surface area contributed by atoms with E-state index >= 15 is 0 Å². The lowest BCUT2D eigenvalue weighted by atomic mass is 10.1. The lowest BCUT2D eigenvalue weighted by Gasteiger charge is -2.24. The summed E-state index contributed by atoms with van der Waals surface area (Å²) >= 11 is 5.85. The van der Waals surface area contributed by atoms with Crippen LogP contribution in [0.15, 0.2) is 29.4 Å². The molecule has 0 amide bonds. The number of halogens is 2. The summed E-state index contributed by atoms with van der Waals surface area (Å²) in [6, 6.07) is 6.90. The third-order valence-corrected chi connectivity index (χ3v) is 3.99. The van der Waals surface area contributed by atoms with Gasteiger partial charge in [0, 0.05) is 26.8 Å². The Balaban J connectivity index is 2.72. The van der Waals surface area contributed by atoms with Crippen molar-refractivity contribution in [2.24, 2.45) is 0 Å². The van der Waals surface area contributed by atoms with Crippen LogP contribution in [0.2, 0.25) is 5.02 Å². The van der Waals surface area contributed by atoms with Crippen molar-refractivity contribution in [3.8, 4) is 11.4 Å². The molecule has 8 heteroatoms. The van der Waals surface area contributed by atoms with Crippen LogP contribution >= 0.6 is 22.3 Å². The second-order valence-corrected chi connectivity index (χ2v) is 8.15. The van der Waals surface area contributed by atoms with Gasteiger partial charge in [-0.3, -0.25) is 4.57 Å². The minimum atomic E-state index is -3.98. The van der Waals surface area contributed by atoms with Gasteiger partial charge in [0.05, 0.1) is 0 Å². The molecule has 5 nitrogen and oxygen atoms in total. The van der Waals surface area contributed by atoms with Crippen LogP contribution in [0, 0.1) is 0 Å². The zero-order valence-electron chi connectivity index (χ0n) is 11.1. The smallest absolute Gasteiger partial charge is 0.291 e. The lowest BCUT2D eigenvalue weighted by molar-refractivity contribution is 0.367. The number of hydrogen-bond acceptors (Lipinski definition) is 4. The molecule has 108 valence electrons. The fourth-order valence-electron chi connectivity index (χ4n) is 1.82. The van der Waals surface area contributed by atoms with Gasteiger partial charge in [0.25, 0.3) is 14.2 Å². The Kier molecular flexibility index (Phi) is 3.83. The van der Waals surface area contributed by atoms with Crippen LogP contribution in [0.4, 0.5) is 0 Å². The van der Waals surface area contributed by atoms with Gasteiger partial charge >= 0.3 is 0 Å². The van der Waals surface area contributed by atoms with Gasteiger partial charge in [-0.25, -0.2) is 8.42 Å². The standard InChI is InChI=1S/C12H13Cl2N3O2S/c1-12(2,3)17-10(8-4-6-9(13)7-5-8)15-16-11(17)20(14,18)19/h4-7H,1-3H3. The highest BCUT2D eigenvalue weighted by Crippen LogP contribution is 2.29. The van der Waals surface area contributed by atoms with E-state index in [1.807, 2.05) is 20.8 Å². The maximum atomic E-state index is 11.6. The van der Waals surface area contributed by atoms with Crippen molar-refractivity contribution in [2.75, 3.05) is 0 Å². The quantitative estimate of drug-likeness (QED) is 0.791. The molecule has 1 aromatic carbocycles. The summed E-state index contributed by atoms with van der Waals surface area (Å²) in [5.74, 6) is 0.424. The van der Waals surface area contributed by atoms with Gasteiger partial charge < -0.3 is 0 Å². The van der Waals surface area contributed by atoms with Crippen molar-refractivity contribution in [1.82, 2.24) is 14.8 Å². The van der Waals surface area contributed by atoms with Crippen molar-refractivity contribution in [2.45, 2.75) is 31.5 Å². The highest BCUT2D eigenvalue weighted by molar-refractivity contribution is 8.13. The lowest BCUT2D eigenvalue weighted by Crippen LogP contribution is -2.25. The molecule has 0 unspecified atom stereocenters. The average molecular weight is 334 g/mol. The van der Waals surface area contributed by atoms with Crippen molar-refractivity contribution >= 4 is 31.3 Å². The second kappa shape index (κ2) is 5.02. The predicted octanol–water partition coefficient (Wildman–Crippen LogP) is 3.28. The Bertz CT molecular complexity index is 731. The monoisotopic (exact) mass is 333 g/mol. The number of rotatable bonds is 2. The second-order valence-electron chi connectivity index (χ2n) is 5.26. The van der Waals surface area contributed by atoms with Crippen LogP contribution in [0.1, 0.15) is 20.8 Å². The van der Waals surface area contributed by atoms with E-state index in [1.54, 1.807) is 24.3 Å². The first-order valence-electron chi connectivity index (χ1n) is 5.77. The molecule has 0 saturated heterocycles. The van der Waals surface area contributed by atoms with Gasteiger partial charge in [-0.15, -0.1) is 10.2 Å². The van der Waals surface area contributed by atoms with Gasteiger partial charge in [-0.1, -0.05) is 11.6 Å². The zero-order chi connectivity index (χ0) is 15.1. The number of nitrogens with zero attached hydrogens (tertiary/aromatic N) is 3. The van der Waals surface area contributed by atoms with Gasteiger partial charge in [0.2, 0.25) is 0 Å².